The number of nitrogens with zero attached hydrogens (tertiary/aromatic N) is 1. The molecule has 1 atom stereocenters. The third-order valence-electron chi connectivity index (χ3n) is 3.31. The van der Waals surface area contributed by atoms with Gasteiger partial charge in [0.25, 0.3) is 5.91 Å². The third kappa shape index (κ3) is 3.96. The second-order valence-electron chi connectivity index (χ2n) is 4.98. The van der Waals surface area contributed by atoms with E-state index in [9.17, 15) is 4.79 Å². The van der Waals surface area contributed by atoms with Crippen molar-refractivity contribution >= 4 is 22.4 Å². The Hall–Kier alpha value is -2.66. The van der Waals surface area contributed by atoms with Crippen molar-refractivity contribution in [3.05, 3.63) is 66.2 Å². The minimum Gasteiger partial charge on any atom is -0.481 e. The lowest BCUT2D eigenvalue weighted by Crippen LogP contribution is -2.30. The summed E-state index contributed by atoms with van der Waals surface area (Å²) in [5, 5.41) is 5.11. The number of carbonyl (C=O) groups excluding carboxylic acids is 1. The van der Waals surface area contributed by atoms with Gasteiger partial charge < -0.3 is 4.74 Å². The molecule has 2 aromatic carbocycles. The number of hydrogen-bond acceptors (Lipinski definition) is 4. The van der Waals surface area contributed by atoms with E-state index in [0.29, 0.717) is 10.9 Å². The molecule has 3 aromatic rings. The molecule has 1 unspecified atom stereocenters. The van der Waals surface area contributed by atoms with Gasteiger partial charge in [0.2, 0.25) is 0 Å². The highest BCUT2D eigenvalue weighted by molar-refractivity contribution is 7.13. The monoisotopic (exact) mass is 324 g/mol. The molecule has 23 heavy (non-hydrogen) atoms. The number of benzene rings is 2. The van der Waals surface area contributed by atoms with Crippen LogP contribution in [-0.4, -0.2) is 17.0 Å². The first-order chi connectivity index (χ1) is 11.2. The Balaban J connectivity index is 1.62. The molecule has 0 aliphatic carbocycles. The van der Waals surface area contributed by atoms with Crippen LogP contribution < -0.4 is 10.1 Å². The summed E-state index contributed by atoms with van der Waals surface area (Å²) >= 11 is 1.38. The molecule has 0 radical (unpaired) electrons. The highest BCUT2D eigenvalue weighted by atomic mass is 32.1. The van der Waals surface area contributed by atoms with Gasteiger partial charge in [0.15, 0.2) is 11.2 Å². The van der Waals surface area contributed by atoms with Crippen molar-refractivity contribution in [2.45, 2.75) is 13.0 Å². The van der Waals surface area contributed by atoms with E-state index in [0.717, 1.165) is 11.1 Å². The second-order valence-corrected chi connectivity index (χ2v) is 5.87. The lowest BCUT2D eigenvalue weighted by Gasteiger charge is -2.14. The fourth-order valence-corrected chi connectivity index (χ4v) is 2.64. The van der Waals surface area contributed by atoms with Crippen molar-refractivity contribution < 1.29 is 9.53 Å². The predicted octanol–water partition coefficient (Wildman–Crippen LogP) is 4.22. The molecule has 0 fully saturated rings. The molecule has 116 valence electrons. The zero-order chi connectivity index (χ0) is 16.1. The largest absolute Gasteiger partial charge is 0.481 e. The molecule has 4 nitrogen and oxygen atoms in total. The van der Waals surface area contributed by atoms with Crippen molar-refractivity contribution in [3.8, 4) is 16.9 Å². The normalized spacial score (nSPS) is 11.7. The number of rotatable bonds is 5. The average molecular weight is 324 g/mol. The summed E-state index contributed by atoms with van der Waals surface area (Å²) in [6.07, 6.45) is 1.05. The van der Waals surface area contributed by atoms with Crippen LogP contribution >= 0.6 is 11.3 Å². The molecule has 0 aliphatic heterocycles. The van der Waals surface area contributed by atoms with E-state index in [4.69, 9.17) is 4.74 Å². The van der Waals surface area contributed by atoms with Crippen LogP contribution in [0.5, 0.6) is 5.75 Å². The van der Waals surface area contributed by atoms with E-state index < -0.39 is 6.10 Å². The summed E-state index contributed by atoms with van der Waals surface area (Å²) in [7, 11) is 0. The molecule has 1 N–H and O–H groups in total. The van der Waals surface area contributed by atoms with Crippen molar-refractivity contribution in [2.75, 3.05) is 5.32 Å². The van der Waals surface area contributed by atoms with Crippen molar-refractivity contribution in [1.82, 2.24) is 4.98 Å². The van der Waals surface area contributed by atoms with Crippen LogP contribution in [0.3, 0.4) is 0 Å². The topological polar surface area (TPSA) is 51.2 Å². The smallest absolute Gasteiger partial charge is 0.266 e. The van der Waals surface area contributed by atoms with Crippen LogP contribution in [-0.2, 0) is 4.79 Å². The van der Waals surface area contributed by atoms with E-state index in [1.165, 1.54) is 11.3 Å². The first kappa shape index (κ1) is 15.2. The minimum atomic E-state index is -0.596. The first-order valence-electron chi connectivity index (χ1n) is 7.25. The zero-order valence-electron chi connectivity index (χ0n) is 12.6. The summed E-state index contributed by atoms with van der Waals surface area (Å²) in [4.78, 5) is 16.1. The van der Waals surface area contributed by atoms with Crippen molar-refractivity contribution in [3.63, 3.8) is 0 Å². The molecule has 0 spiro atoms. The van der Waals surface area contributed by atoms with E-state index in [2.05, 4.69) is 22.4 Å². The fourth-order valence-electron chi connectivity index (χ4n) is 2.11. The summed E-state index contributed by atoms with van der Waals surface area (Å²) in [6, 6.07) is 17.8. The first-order valence-corrected chi connectivity index (χ1v) is 8.13. The summed E-state index contributed by atoms with van der Waals surface area (Å²) < 4.78 is 5.68. The average Bonchev–Trinajstić information content (AvgIpc) is 3.09. The number of thiazole rings is 1. The van der Waals surface area contributed by atoms with Gasteiger partial charge in [0.05, 0.1) is 0 Å². The SMILES string of the molecule is CC(Oc1ccc(-c2ccccc2)cc1)C(=O)Nc1nccs1. The highest BCUT2D eigenvalue weighted by Gasteiger charge is 2.15. The van der Waals surface area contributed by atoms with Gasteiger partial charge in [-0.3, -0.25) is 10.1 Å². The van der Waals surface area contributed by atoms with Gasteiger partial charge in [0, 0.05) is 11.6 Å². The Morgan fingerprint density at radius 3 is 2.43 bits per heavy atom. The number of anilines is 1. The molecule has 0 aliphatic rings. The number of carbonyl (C=O) groups is 1. The van der Waals surface area contributed by atoms with E-state index >= 15 is 0 Å². The number of amides is 1. The lowest BCUT2D eigenvalue weighted by molar-refractivity contribution is -0.122. The predicted molar refractivity (Wildman–Crippen MR) is 92.7 cm³/mol. The molecule has 0 bridgehead atoms. The van der Waals surface area contributed by atoms with E-state index in [1.54, 1.807) is 13.1 Å². The van der Waals surface area contributed by atoms with Crippen molar-refractivity contribution in [1.29, 1.82) is 0 Å². The second kappa shape index (κ2) is 7.07. The maximum Gasteiger partial charge on any atom is 0.266 e. The van der Waals surface area contributed by atoms with E-state index in [-0.39, 0.29) is 5.91 Å². The van der Waals surface area contributed by atoms with Crippen LogP contribution in [0.4, 0.5) is 5.13 Å². The van der Waals surface area contributed by atoms with E-state index in [1.807, 2.05) is 47.8 Å². The van der Waals surface area contributed by atoms with Crippen LogP contribution in [0.2, 0.25) is 0 Å². The standard InChI is InChI=1S/C18H16N2O2S/c1-13(17(21)20-18-19-11-12-23-18)22-16-9-7-15(8-10-16)14-5-3-2-4-6-14/h2-13H,1H3,(H,19,20,21). The van der Waals surface area contributed by atoms with Gasteiger partial charge in [-0.1, -0.05) is 42.5 Å². The van der Waals surface area contributed by atoms with Gasteiger partial charge >= 0.3 is 0 Å². The molecule has 5 heteroatoms. The quantitative estimate of drug-likeness (QED) is 0.764. The van der Waals surface area contributed by atoms with Gasteiger partial charge in [-0.15, -0.1) is 11.3 Å². The lowest BCUT2D eigenvalue weighted by atomic mass is 10.1. The number of aromatic nitrogens is 1. The van der Waals surface area contributed by atoms with Crippen LogP contribution in [0.25, 0.3) is 11.1 Å². The molecule has 1 amide bonds. The fraction of sp³-hybridized carbons (Fsp3) is 0.111. The molecular weight excluding hydrogens is 308 g/mol. The molecule has 3 rings (SSSR count). The van der Waals surface area contributed by atoms with Gasteiger partial charge in [-0.2, -0.15) is 0 Å². The minimum absolute atomic E-state index is 0.216. The third-order valence-corrected chi connectivity index (χ3v) is 3.99. The Morgan fingerprint density at radius 2 is 1.78 bits per heavy atom. The van der Waals surface area contributed by atoms with Crippen LogP contribution in [0.1, 0.15) is 6.92 Å². The summed E-state index contributed by atoms with van der Waals surface area (Å²) in [6.45, 7) is 1.72. The number of hydrogen-bond donors (Lipinski definition) is 1. The van der Waals surface area contributed by atoms with Crippen molar-refractivity contribution in [2.24, 2.45) is 0 Å². The van der Waals surface area contributed by atoms with Crippen LogP contribution in [0.15, 0.2) is 66.2 Å². The Kier molecular flexibility index (Phi) is 4.68. The van der Waals surface area contributed by atoms with Gasteiger partial charge in [-0.25, -0.2) is 4.98 Å². The van der Waals surface area contributed by atoms with Crippen LogP contribution in [0, 0.1) is 0 Å². The summed E-state index contributed by atoms with van der Waals surface area (Å²) in [5.74, 6) is 0.443. The maximum atomic E-state index is 12.0. The maximum absolute atomic E-state index is 12.0. The Labute approximate surface area is 138 Å². The molecular formula is C18H16N2O2S. The molecule has 1 aromatic heterocycles. The molecule has 0 saturated carbocycles. The summed E-state index contributed by atoms with van der Waals surface area (Å²) in [5.41, 5.74) is 2.26. The Bertz CT molecular complexity index is 755. The number of nitrogens with one attached hydrogen (secondary N) is 1. The molecule has 1 heterocycles. The zero-order valence-corrected chi connectivity index (χ0v) is 13.4. The number of ether oxygens (including phenoxy) is 1. The Morgan fingerprint density at radius 1 is 1.09 bits per heavy atom. The highest BCUT2D eigenvalue weighted by Crippen LogP contribution is 2.22. The van der Waals surface area contributed by atoms with Gasteiger partial charge in [0.1, 0.15) is 5.75 Å². The molecule has 0 saturated heterocycles. The van der Waals surface area contributed by atoms with Gasteiger partial charge in [-0.05, 0) is 30.2 Å².